The second-order valence-corrected chi connectivity index (χ2v) is 4.80. The monoisotopic (exact) mass is 284 g/mol. The molecule has 0 bridgehead atoms. The summed E-state index contributed by atoms with van der Waals surface area (Å²) < 4.78 is 5.14. The highest BCUT2D eigenvalue weighted by Crippen LogP contribution is 2.28. The summed E-state index contributed by atoms with van der Waals surface area (Å²) in [7, 11) is 1.49. The van der Waals surface area contributed by atoms with Gasteiger partial charge in [-0.25, -0.2) is 9.97 Å². The lowest BCUT2D eigenvalue weighted by atomic mass is 10.3. The van der Waals surface area contributed by atoms with Gasteiger partial charge in [-0.1, -0.05) is 11.6 Å². The number of hydrogen-bond donors (Lipinski definition) is 1. The number of aromatic nitrogens is 2. The van der Waals surface area contributed by atoms with Gasteiger partial charge < -0.3 is 15.0 Å². The first-order valence-corrected chi connectivity index (χ1v) is 6.61. The van der Waals surface area contributed by atoms with Crippen LogP contribution >= 0.6 is 11.6 Å². The van der Waals surface area contributed by atoms with E-state index in [1.807, 2.05) is 4.90 Å². The van der Waals surface area contributed by atoms with Crippen molar-refractivity contribution in [2.75, 3.05) is 25.5 Å². The van der Waals surface area contributed by atoms with Crippen LogP contribution in [0.5, 0.6) is 5.75 Å². The topological polar surface area (TPSA) is 67.4 Å². The molecule has 7 heteroatoms. The Morgan fingerprint density at radius 3 is 2.79 bits per heavy atom. The Labute approximate surface area is 117 Å². The van der Waals surface area contributed by atoms with Gasteiger partial charge in [0.05, 0.1) is 7.11 Å². The molecular weight excluding hydrogens is 268 g/mol. The van der Waals surface area contributed by atoms with E-state index in [-0.39, 0.29) is 17.1 Å². The average Bonchev–Trinajstić information content (AvgIpc) is 2.92. The summed E-state index contributed by atoms with van der Waals surface area (Å²) in [5.41, 5.74) is 0. The number of carbonyl (C=O) groups is 1. The van der Waals surface area contributed by atoms with Crippen LogP contribution in [0.2, 0.25) is 5.15 Å². The zero-order valence-corrected chi connectivity index (χ0v) is 11.8. The van der Waals surface area contributed by atoms with Crippen LogP contribution in [0.3, 0.4) is 0 Å². The van der Waals surface area contributed by atoms with Gasteiger partial charge in [-0.15, -0.1) is 0 Å². The highest BCUT2D eigenvalue weighted by Gasteiger charge is 2.24. The van der Waals surface area contributed by atoms with E-state index in [1.165, 1.54) is 13.4 Å². The predicted molar refractivity (Wildman–Crippen MR) is 72.5 cm³/mol. The van der Waals surface area contributed by atoms with E-state index in [0.29, 0.717) is 11.6 Å². The molecule has 0 aromatic carbocycles. The Bertz CT molecular complexity index is 463. The van der Waals surface area contributed by atoms with Gasteiger partial charge in [-0.3, -0.25) is 4.79 Å². The van der Waals surface area contributed by atoms with E-state index in [0.717, 1.165) is 25.9 Å². The zero-order chi connectivity index (χ0) is 13.8. The van der Waals surface area contributed by atoms with Gasteiger partial charge >= 0.3 is 0 Å². The molecule has 1 saturated heterocycles. The maximum atomic E-state index is 12.2. The van der Waals surface area contributed by atoms with Crippen LogP contribution in [0.15, 0.2) is 6.33 Å². The summed E-state index contributed by atoms with van der Waals surface area (Å²) in [6, 6.07) is -0.377. The summed E-state index contributed by atoms with van der Waals surface area (Å²) in [5.74, 6) is 0.849. The molecule has 19 heavy (non-hydrogen) atoms. The number of hydrogen-bond acceptors (Lipinski definition) is 5. The molecule has 1 atom stereocenters. The second kappa shape index (κ2) is 6.06. The first-order chi connectivity index (χ1) is 9.13. The lowest BCUT2D eigenvalue weighted by molar-refractivity contribution is -0.130. The molecule has 104 valence electrons. The van der Waals surface area contributed by atoms with E-state index in [9.17, 15) is 4.79 Å². The maximum absolute atomic E-state index is 12.2. The molecule has 0 saturated carbocycles. The van der Waals surface area contributed by atoms with Gasteiger partial charge in [0.1, 0.15) is 12.4 Å². The molecule has 2 heterocycles. The molecule has 1 amide bonds. The molecule has 0 spiro atoms. The number of methoxy groups -OCH3 is 1. The Morgan fingerprint density at radius 2 is 2.16 bits per heavy atom. The normalized spacial score (nSPS) is 16.3. The molecule has 1 fully saturated rings. The number of ether oxygens (including phenoxy) is 1. The number of rotatable bonds is 4. The smallest absolute Gasteiger partial charge is 0.244 e. The largest absolute Gasteiger partial charge is 0.490 e. The first kappa shape index (κ1) is 13.9. The van der Waals surface area contributed by atoms with Crippen LogP contribution in [0.25, 0.3) is 0 Å². The first-order valence-electron chi connectivity index (χ1n) is 6.23. The van der Waals surface area contributed by atoms with Gasteiger partial charge in [0, 0.05) is 13.1 Å². The SMILES string of the molecule is COc1c(Cl)ncnc1NC(C)C(=O)N1CCCC1. The number of nitrogens with zero attached hydrogens (tertiary/aromatic N) is 3. The van der Waals surface area contributed by atoms with E-state index in [1.54, 1.807) is 6.92 Å². The molecule has 1 aliphatic rings. The molecule has 1 aromatic heterocycles. The summed E-state index contributed by atoms with van der Waals surface area (Å²) in [6.07, 6.45) is 3.47. The summed E-state index contributed by atoms with van der Waals surface area (Å²) >= 11 is 5.91. The van der Waals surface area contributed by atoms with E-state index < -0.39 is 0 Å². The highest BCUT2D eigenvalue weighted by atomic mass is 35.5. The van der Waals surface area contributed by atoms with Crippen molar-refractivity contribution in [3.63, 3.8) is 0 Å². The standard InChI is InChI=1S/C12H17ClN4O2/c1-8(12(18)17-5-3-4-6-17)16-11-9(19-2)10(13)14-7-15-11/h7-8H,3-6H2,1-2H3,(H,14,15,16). The van der Waals surface area contributed by atoms with Crippen LogP contribution in [0, 0.1) is 0 Å². The van der Waals surface area contributed by atoms with Gasteiger partial charge in [0.2, 0.25) is 5.91 Å². The highest BCUT2D eigenvalue weighted by molar-refractivity contribution is 6.31. The lowest BCUT2D eigenvalue weighted by Crippen LogP contribution is -2.39. The number of amides is 1. The molecule has 0 radical (unpaired) electrons. The van der Waals surface area contributed by atoms with Gasteiger partial charge in [0.25, 0.3) is 0 Å². The van der Waals surface area contributed by atoms with Crippen LogP contribution in [0.1, 0.15) is 19.8 Å². The minimum Gasteiger partial charge on any atom is -0.490 e. The third-order valence-corrected chi connectivity index (χ3v) is 3.38. The van der Waals surface area contributed by atoms with Crippen molar-refractivity contribution in [1.82, 2.24) is 14.9 Å². The number of likely N-dealkylation sites (tertiary alicyclic amines) is 1. The van der Waals surface area contributed by atoms with Crippen molar-refractivity contribution < 1.29 is 9.53 Å². The van der Waals surface area contributed by atoms with Crippen LogP contribution < -0.4 is 10.1 Å². The second-order valence-electron chi connectivity index (χ2n) is 4.44. The van der Waals surface area contributed by atoms with E-state index in [2.05, 4.69) is 15.3 Å². The minimum absolute atomic E-state index is 0.0642. The molecular formula is C12H17ClN4O2. The quantitative estimate of drug-likeness (QED) is 0.850. The lowest BCUT2D eigenvalue weighted by Gasteiger charge is -2.22. The van der Waals surface area contributed by atoms with E-state index >= 15 is 0 Å². The van der Waals surface area contributed by atoms with Gasteiger partial charge in [-0.2, -0.15) is 0 Å². The Hall–Kier alpha value is -1.56. The fourth-order valence-electron chi connectivity index (χ4n) is 2.11. The van der Waals surface area contributed by atoms with Crippen molar-refractivity contribution in [3.8, 4) is 5.75 Å². The average molecular weight is 285 g/mol. The maximum Gasteiger partial charge on any atom is 0.244 e. The predicted octanol–water partition coefficient (Wildman–Crippen LogP) is 1.56. The van der Waals surface area contributed by atoms with Crippen molar-refractivity contribution in [3.05, 3.63) is 11.5 Å². The summed E-state index contributed by atoms with van der Waals surface area (Å²) in [4.78, 5) is 21.9. The van der Waals surface area contributed by atoms with Crippen molar-refractivity contribution in [2.24, 2.45) is 0 Å². The summed E-state index contributed by atoms with van der Waals surface area (Å²) in [6.45, 7) is 3.45. The van der Waals surface area contributed by atoms with Crippen molar-refractivity contribution in [2.45, 2.75) is 25.8 Å². The number of halogens is 1. The van der Waals surface area contributed by atoms with Crippen LogP contribution in [-0.2, 0) is 4.79 Å². The molecule has 1 N–H and O–H groups in total. The number of nitrogens with one attached hydrogen (secondary N) is 1. The van der Waals surface area contributed by atoms with Gasteiger partial charge in [-0.05, 0) is 19.8 Å². The fraction of sp³-hybridized carbons (Fsp3) is 0.583. The third kappa shape index (κ3) is 3.07. The Morgan fingerprint density at radius 1 is 1.47 bits per heavy atom. The zero-order valence-electron chi connectivity index (χ0n) is 11.0. The molecule has 1 aromatic rings. The Balaban J connectivity index is 2.08. The molecule has 6 nitrogen and oxygen atoms in total. The Kier molecular flexibility index (Phi) is 4.42. The van der Waals surface area contributed by atoms with Crippen LogP contribution in [0.4, 0.5) is 5.82 Å². The molecule has 0 aliphatic carbocycles. The van der Waals surface area contributed by atoms with Crippen molar-refractivity contribution in [1.29, 1.82) is 0 Å². The number of carbonyl (C=O) groups excluding carboxylic acids is 1. The molecule has 1 unspecified atom stereocenters. The fourth-order valence-corrected chi connectivity index (χ4v) is 2.32. The molecule has 1 aliphatic heterocycles. The third-order valence-electron chi connectivity index (χ3n) is 3.11. The summed E-state index contributed by atoms with van der Waals surface area (Å²) in [5, 5.41) is 3.25. The van der Waals surface area contributed by atoms with E-state index in [4.69, 9.17) is 16.3 Å². The molecule has 2 rings (SSSR count). The number of anilines is 1. The van der Waals surface area contributed by atoms with Gasteiger partial charge in [0.15, 0.2) is 16.7 Å². The van der Waals surface area contributed by atoms with Crippen LogP contribution in [-0.4, -0.2) is 47.0 Å². The minimum atomic E-state index is -0.377. The van der Waals surface area contributed by atoms with Crippen molar-refractivity contribution >= 4 is 23.3 Å².